The van der Waals surface area contributed by atoms with E-state index in [0.29, 0.717) is 13.2 Å². The molecule has 0 saturated heterocycles. The average molecular weight is 206 g/mol. The molecule has 2 atom stereocenters. The van der Waals surface area contributed by atoms with Gasteiger partial charge in [-0.2, -0.15) is 0 Å². The van der Waals surface area contributed by atoms with Crippen molar-refractivity contribution in [3.8, 4) is 0 Å². The Hall–Kier alpha value is 0.372. The van der Waals surface area contributed by atoms with Crippen molar-refractivity contribution < 1.29 is 17.1 Å². The lowest BCUT2D eigenvalue weighted by atomic mass is 10.7. The van der Waals surface area contributed by atoms with Gasteiger partial charge in [-0.25, -0.2) is 0 Å². The summed E-state index contributed by atoms with van der Waals surface area (Å²) in [5.41, 5.74) is 0. The summed E-state index contributed by atoms with van der Waals surface area (Å²) in [4.78, 5) is 0. The van der Waals surface area contributed by atoms with E-state index in [1.165, 1.54) is 0 Å². The van der Waals surface area contributed by atoms with Crippen LogP contribution in [0.4, 0.5) is 0 Å². The largest absolute Gasteiger partial charge is 0.653 e. The van der Waals surface area contributed by atoms with E-state index in [-0.39, 0.29) is 12.6 Å². The Morgan fingerprint density at radius 3 is 1.62 bits per heavy atom. The molecule has 0 saturated carbocycles. The normalized spacial score (nSPS) is 15.4. The molecule has 0 rings (SSSR count). The zero-order valence-electron chi connectivity index (χ0n) is 8.91. The predicted octanol–water partition coefficient (Wildman–Crippen LogP) is 1.05. The molecule has 5 heteroatoms. The van der Waals surface area contributed by atoms with Crippen molar-refractivity contribution in [2.75, 3.05) is 13.2 Å². The minimum absolute atomic E-state index is 0.162. The lowest BCUT2D eigenvalue weighted by Crippen LogP contribution is -2.22. The van der Waals surface area contributed by atoms with E-state index in [1.54, 1.807) is 0 Å². The van der Waals surface area contributed by atoms with Gasteiger partial charge in [-0.1, -0.05) is 0 Å². The SMILES string of the molecule is CCOC(C)[O][AlH][O]C(C)OCC. The van der Waals surface area contributed by atoms with E-state index < -0.39 is 15.9 Å². The minimum atomic E-state index is -0.974. The smallest absolute Gasteiger partial charge is 0.458 e. The Morgan fingerprint density at radius 1 is 0.923 bits per heavy atom. The fourth-order valence-corrected chi connectivity index (χ4v) is 1.45. The summed E-state index contributed by atoms with van der Waals surface area (Å²) in [5, 5.41) is 0. The van der Waals surface area contributed by atoms with Gasteiger partial charge in [-0.05, 0) is 27.7 Å². The third kappa shape index (κ3) is 8.70. The number of hydrogen-bond donors (Lipinski definition) is 0. The molecular formula is C8H19AlO4. The first kappa shape index (κ1) is 13.4. The highest BCUT2D eigenvalue weighted by atomic mass is 27.2. The van der Waals surface area contributed by atoms with Gasteiger partial charge in [-0.15, -0.1) is 0 Å². The van der Waals surface area contributed by atoms with Crippen LogP contribution >= 0.6 is 0 Å². The van der Waals surface area contributed by atoms with Gasteiger partial charge in [0.05, 0.1) is 0 Å². The Labute approximate surface area is 86.9 Å². The summed E-state index contributed by atoms with van der Waals surface area (Å²) in [6.45, 7) is 8.93. The van der Waals surface area contributed by atoms with Gasteiger partial charge in [0.1, 0.15) is 12.6 Å². The summed E-state index contributed by atoms with van der Waals surface area (Å²) in [6.07, 6.45) is -0.323. The van der Waals surface area contributed by atoms with Gasteiger partial charge in [0.2, 0.25) is 0 Å². The molecule has 0 aliphatic heterocycles. The van der Waals surface area contributed by atoms with Crippen LogP contribution in [0.5, 0.6) is 0 Å². The Balaban J connectivity index is 3.23. The molecule has 0 amide bonds. The maximum absolute atomic E-state index is 5.31. The molecular weight excluding hydrogens is 187 g/mol. The molecule has 0 aromatic rings. The highest BCUT2D eigenvalue weighted by Gasteiger charge is 2.08. The van der Waals surface area contributed by atoms with Crippen molar-refractivity contribution in [3.05, 3.63) is 0 Å². The van der Waals surface area contributed by atoms with Crippen LogP contribution in [-0.4, -0.2) is 41.7 Å². The molecule has 4 nitrogen and oxygen atoms in total. The van der Waals surface area contributed by atoms with Crippen molar-refractivity contribution in [1.29, 1.82) is 0 Å². The molecule has 2 unspecified atom stereocenters. The first-order valence-corrected chi connectivity index (χ1v) is 5.82. The van der Waals surface area contributed by atoms with Gasteiger partial charge in [-0.3, -0.25) is 0 Å². The van der Waals surface area contributed by atoms with E-state index in [0.717, 1.165) is 0 Å². The molecule has 0 aliphatic carbocycles. The molecule has 0 heterocycles. The maximum Gasteiger partial charge on any atom is 0.653 e. The first-order valence-electron chi connectivity index (χ1n) is 4.67. The third-order valence-electron chi connectivity index (χ3n) is 1.41. The van der Waals surface area contributed by atoms with Gasteiger partial charge in [0.25, 0.3) is 0 Å². The highest BCUT2D eigenvalue weighted by Crippen LogP contribution is 1.95. The predicted molar refractivity (Wildman–Crippen MR) is 51.5 cm³/mol. The Morgan fingerprint density at radius 2 is 1.31 bits per heavy atom. The van der Waals surface area contributed by atoms with Crippen LogP contribution in [0.15, 0.2) is 0 Å². The molecule has 0 aromatic heterocycles. The third-order valence-corrected chi connectivity index (χ3v) is 2.62. The molecule has 0 aliphatic rings. The van der Waals surface area contributed by atoms with Gasteiger partial charge in [0, 0.05) is 13.2 Å². The summed E-state index contributed by atoms with van der Waals surface area (Å²) >= 11 is -0.974. The molecule has 0 aromatic carbocycles. The standard InChI is InChI=1S/2C4H9O2.Al.H/c2*1-3-6-4(2)5;;/h2*4H,3H2,1-2H3;;/q2*-1;+2;. The van der Waals surface area contributed by atoms with Crippen LogP contribution in [0.2, 0.25) is 0 Å². The summed E-state index contributed by atoms with van der Waals surface area (Å²) < 4.78 is 21.0. The second-order valence-corrected chi connectivity index (χ2v) is 3.40. The molecule has 0 radical (unpaired) electrons. The van der Waals surface area contributed by atoms with E-state index >= 15 is 0 Å². The zero-order valence-corrected chi connectivity index (χ0v) is 10.3. The lowest BCUT2D eigenvalue weighted by Gasteiger charge is -2.16. The monoisotopic (exact) mass is 206 g/mol. The van der Waals surface area contributed by atoms with E-state index in [9.17, 15) is 0 Å². The second-order valence-electron chi connectivity index (χ2n) is 2.50. The quantitative estimate of drug-likeness (QED) is 0.439. The van der Waals surface area contributed by atoms with Crippen LogP contribution in [0.3, 0.4) is 0 Å². The summed E-state index contributed by atoms with van der Waals surface area (Å²) in [7, 11) is 0. The fourth-order valence-electron chi connectivity index (χ4n) is 0.797. The van der Waals surface area contributed by atoms with E-state index in [2.05, 4.69) is 0 Å². The van der Waals surface area contributed by atoms with Crippen molar-refractivity contribution in [2.24, 2.45) is 0 Å². The van der Waals surface area contributed by atoms with Crippen molar-refractivity contribution in [1.82, 2.24) is 0 Å². The Bertz CT molecular complexity index is 100. The van der Waals surface area contributed by atoms with Gasteiger partial charge in [0.15, 0.2) is 0 Å². The summed E-state index contributed by atoms with van der Waals surface area (Å²) in [5.74, 6) is 0. The fraction of sp³-hybridized carbons (Fsp3) is 1.00. The Kier molecular flexibility index (Phi) is 9.20. The van der Waals surface area contributed by atoms with Crippen LogP contribution in [0.25, 0.3) is 0 Å². The van der Waals surface area contributed by atoms with E-state index in [1.807, 2.05) is 27.7 Å². The summed E-state index contributed by atoms with van der Waals surface area (Å²) in [6, 6.07) is 0. The highest BCUT2D eigenvalue weighted by molar-refractivity contribution is 6.18. The second kappa shape index (κ2) is 8.95. The molecule has 0 spiro atoms. The van der Waals surface area contributed by atoms with E-state index in [4.69, 9.17) is 17.1 Å². The zero-order chi connectivity index (χ0) is 10.1. The maximum atomic E-state index is 5.31. The molecule has 0 fully saturated rings. The average Bonchev–Trinajstić information content (AvgIpc) is 2.05. The number of hydrogen-bond acceptors (Lipinski definition) is 4. The van der Waals surface area contributed by atoms with Crippen molar-refractivity contribution in [3.63, 3.8) is 0 Å². The van der Waals surface area contributed by atoms with Crippen LogP contribution in [-0.2, 0) is 17.1 Å². The van der Waals surface area contributed by atoms with Crippen molar-refractivity contribution >= 4 is 15.9 Å². The lowest BCUT2D eigenvalue weighted by molar-refractivity contribution is -0.103. The molecule has 78 valence electrons. The number of ether oxygens (including phenoxy) is 2. The van der Waals surface area contributed by atoms with Crippen LogP contribution < -0.4 is 0 Å². The van der Waals surface area contributed by atoms with Crippen LogP contribution in [0, 0.1) is 0 Å². The first-order chi connectivity index (χ1) is 6.20. The topological polar surface area (TPSA) is 36.9 Å². The van der Waals surface area contributed by atoms with Gasteiger partial charge >= 0.3 is 15.9 Å². The van der Waals surface area contributed by atoms with Crippen molar-refractivity contribution in [2.45, 2.75) is 40.3 Å². The molecule has 0 bridgehead atoms. The number of rotatable bonds is 8. The molecule has 13 heavy (non-hydrogen) atoms. The van der Waals surface area contributed by atoms with Gasteiger partial charge < -0.3 is 17.1 Å². The minimum Gasteiger partial charge on any atom is -0.458 e. The van der Waals surface area contributed by atoms with Crippen LogP contribution in [0.1, 0.15) is 27.7 Å². The molecule has 0 N–H and O–H groups in total.